The number of hydrogen-bond donors (Lipinski definition) is 0. The topological polar surface area (TPSA) is 85.9 Å². The lowest BCUT2D eigenvalue weighted by atomic mass is 10.1. The maximum absolute atomic E-state index is 12.8. The molecule has 0 radical (unpaired) electrons. The Bertz CT molecular complexity index is 1210. The molecule has 8 heteroatoms. The van der Waals surface area contributed by atoms with Crippen molar-refractivity contribution in [2.75, 3.05) is 13.1 Å². The van der Waals surface area contributed by atoms with Crippen LogP contribution >= 0.6 is 0 Å². The van der Waals surface area contributed by atoms with Gasteiger partial charge in [0.2, 0.25) is 5.91 Å². The number of aromatic nitrogens is 5. The van der Waals surface area contributed by atoms with Gasteiger partial charge < -0.3 is 9.47 Å². The third-order valence-corrected chi connectivity index (χ3v) is 5.58. The van der Waals surface area contributed by atoms with Crippen molar-refractivity contribution in [3.05, 3.63) is 58.2 Å². The van der Waals surface area contributed by atoms with Gasteiger partial charge in [-0.3, -0.25) is 9.59 Å². The molecule has 0 saturated heterocycles. The number of rotatable bonds is 4. The van der Waals surface area contributed by atoms with Crippen molar-refractivity contribution in [1.82, 2.24) is 29.2 Å². The zero-order valence-electron chi connectivity index (χ0n) is 17.8. The lowest BCUT2D eigenvalue weighted by molar-refractivity contribution is -0.131. The van der Waals surface area contributed by atoms with Gasteiger partial charge in [-0.1, -0.05) is 12.1 Å². The van der Waals surface area contributed by atoms with E-state index in [0.717, 1.165) is 22.9 Å². The van der Waals surface area contributed by atoms with E-state index in [-0.39, 0.29) is 17.5 Å². The Morgan fingerprint density at radius 1 is 1.13 bits per heavy atom. The second-order valence-corrected chi connectivity index (χ2v) is 7.81. The Kier molecular flexibility index (Phi) is 5.24. The van der Waals surface area contributed by atoms with Crippen molar-refractivity contribution in [3.63, 3.8) is 0 Å². The Hall–Kier alpha value is -3.29. The Morgan fingerprint density at radius 2 is 1.90 bits per heavy atom. The van der Waals surface area contributed by atoms with Crippen molar-refractivity contribution in [2.45, 2.75) is 46.6 Å². The van der Waals surface area contributed by atoms with Crippen LogP contribution in [0.3, 0.4) is 0 Å². The molecule has 0 aliphatic carbocycles. The highest BCUT2D eigenvalue weighted by molar-refractivity contribution is 5.82. The van der Waals surface area contributed by atoms with Gasteiger partial charge in [-0.25, -0.2) is 9.67 Å². The SMILES string of the molecule is Cc1nc(C)n([C@@H](C)CC(=O)N2CC=C(n3c(C)nc(=O)c4ccccc43)CC2)n1. The first kappa shape index (κ1) is 20.0. The number of hydrogen-bond acceptors (Lipinski definition) is 5. The summed E-state index contributed by atoms with van der Waals surface area (Å²) >= 11 is 0. The van der Waals surface area contributed by atoms with Crippen LogP contribution in [0.2, 0.25) is 0 Å². The van der Waals surface area contributed by atoms with Crippen LogP contribution in [0.25, 0.3) is 16.6 Å². The number of carbonyl (C=O) groups excluding carboxylic acids is 1. The lowest BCUT2D eigenvalue weighted by Gasteiger charge is -2.29. The van der Waals surface area contributed by atoms with Crippen LogP contribution in [0.1, 0.15) is 43.3 Å². The molecule has 1 aliphatic heterocycles. The minimum Gasteiger partial charge on any atom is -0.338 e. The van der Waals surface area contributed by atoms with Crippen LogP contribution in [-0.2, 0) is 4.79 Å². The van der Waals surface area contributed by atoms with Crippen LogP contribution in [-0.4, -0.2) is 48.2 Å². The van der Waals surface area contributed by atoms with Gasteiger partial charge in [0.1, 0.15) is 17.5 Å². The Balaban J connectivity index is 1.52. The monoisotopic (exact) mass is 406 g/mol. The van der Waals surface area contributed by atoms with E-state index in [1.54, 1.807) is 6.07 Å². The molecule has 3 aromatic rings. The summed E-state index contributed by atoms with van der Waals surface area (Å²) in [6.45, 7) is 8.76. The minimum atomic E-state index is -0.208. The smallest absolute Gasteiger partial charge is 0.280 e. The molecule has 0 bridgehead atoms. The largest absolute Gasteiger partial charge is 0.338 e. The number of nitrogens with zero attached hydrogens (tertiary/aromatic N) is 6. The molecule has 1 aliphatic rings. The molecule has 30 heavy (non-hydrogen) atoms. The van der Waals surface area contributed by atoms with Gasteiger partial charge >= 0.3 is 0 Å². The number of fused-ring (bicyclic) bond motifs is 1. The molecule has 0 spiro atoms. The molecule has 1 atom stereocenters. The van der Waals surface area contributed by atoms with Gasteiger partial charge in [0.25, 0.3) is 5.56 Å². The number of para-hydroxylation sites is 1. The third-order valence-electron chi connectivity index (χ3n) is 5.58. The van der Waals surface area contributed by atoms with E-state index >= 15 is 0 Å². The van der Waals surface area contributed by atoms with Gasteiger partial charge in [0.15, 0.2) is 0 Å². The highest BCUT2D eigenvalue weighted by Gasteiger charge is 2.23. The summed E-state index contributed by atoms with van der Waals surface area (Å²) in [6.07, 6.45) is 3.15. The molecule has 0 N–H and O–H groups in total. The van der Waals surface area contributed by atoms with Gasteiger partial charge in [0, 0.05) is 31.6 Å². The minimum absolute atomic E-state index is 0.0431. The van der Waals surface area contributed by atoms with E-state index in [2.05, 4.69) is 21.1 Å². The molecular formula is C22H26N6O2. The molecule has 8 nitrogen and oxygen atoms in total. The lowest BCUT2D eigenvalue weighted by Crippen LogP contribution is -2.36. The van der Waals surface area contributed by atoms with Crippen LogP contribution in [0, 0.1) is 20.8 Å². The third kappa shape index (κ3) is 3.65. The second-order valence-electron chi connectivity index (χ2n) is 7.81. The molecule has 156 valence electrons. The molecule has 0 saturated carbocycles. The average molecular weight is 406 g/mol. The van der Waals surface area contributed by atoms with Crippen molar-refractivity contribution in [2.24, 2.45) is 0 Å². The average Bonchev–Trinajstić information content (AvgIpc) is 3.06. The Morgan fingerprint density at radius 3 is 2.57 bits per heavy atom. The van der Waals surface area contributed by atoms with E-state index in [1.165, 1.54) is 0 Å². The van der Waals surface area contributed by atoms with E-state index in [0.29, 0.717) is 37.1 Å². The summed E-state index contributed by atoms with van der Waals surface area (Å²) in [4.78, 5) is 35.4. The maximum Gasteiger partial charge on any atom is 0.280 e. The van der Waals surface area contributed by atoms with Crippen molar-refractivity contribution < 1.29 is 4.79 Å². The second kappa shape index (κ2) is 7.85. The summed E-state index contributed by atoms with van der Waals surface area (Å²) in [5.41, 5.74) is 1.71. The molecular weight excluding hydrogens is 380 g/mol. The van der Waals surface area contributed by atoms with Crippen LogP contribution in [0.5, 0.6) is 0 Å². The predicted molar refractivity (Wildman–Crippen MR) is 115 cm³/mol. The molecule has 2 aromatic heterocycles. The van der Waals surface area contributed by atoms with Gasteiger partial charge in [-0.05, 0) is 45.9 Å². The highest BCUT2D eigenvalue weighted by atomic mass is 16.2. The number of aryl methyl sites for hydroxylation is 3. The first-order valence-corrected chi connectivity index (χ1v) is 10.2. The summed E-state index contributed by atoms with van der Waals surface area (Å²) in [6, 6.07) is 7.47. The Labute approximate surface area is 174 Å². The summed E-state index contributed by atoms with van der Waals surface area (Å²) in [7, 11) is 0. The highest BCUT2D eigenvalue weighted by Crippen LogP contribution is 2.23. The van der Waals surface area contributed by atoms with Crippen LogP contribution in [0.15, 0.2) is 35.1 Å². The number of benzene rings is 1. The quantitative estimate of drug-likeness (QED) is 0.665. The maximum atomic E-state index is 12.8. The summed E-state index contributed by atoms with van der Waals surface area (Å²) in [5, 5.41) is 5.00. The zero-order valence-corrected chi connectivity index (χ0v) is 17.8. The van der Waals surface area contributed by atoms with Crippen LogP contribution < -0.4 is 5.56 Å². The number of amides is 1. The number of carbonyl (C=O) groups is 1. The molecule has 1 aromatic carbocycles. The molecule has 3 heterocycles. The van der Waals surface area contributed by atoms with Gasteiger partial charge in [-0.15, -0.1) is 0 Å². The fraction of sp³-hybridized carbons (Fsp3) is 0.409. The molecule has 0 unspecified atom stereocenters. The van der Waals surface area contributed by atoms with Crippen molar-refractivity contribution >= 4 is 22.5 Å². The van der Waals surface area contributed by atoms with E-state index in [4.69, 9.17) is 0 Å². The van der Waals surface area contributed by atoms with Crippen molar-refractivity contribution in [3.8, 4) is 0 Å². The zero-order chi connectivity index (χ0) is 21.4. The van der Waals surface area contributed by atoms with E-state index in [1.807, 2.05) is 60.0 Å². The molecule has 0 fully saturated rings. The summed E-state index contributed by atoms with van der Waals surface area (Å²) < 4.78 is 3.85. The van der Waals surface area contributed by atoms with E-state index in [9.17, 15) is 9.59 Å². The molecule has 1 amide bonds. The van der Waals surface area contributed by atoms with Crippen LogP contribution in [0.4, 0.5) is 0 Å². The fourth-order valence-electron chi connectivity index (χ4n) is 4.15. The predicted octanol–water partition coefficient (Wildman–Crippen LogP) is 2.64. The first-order chi connectivity index (χ1) is 14.3. The summed E-state index contributed by atoms with van der Waals surface area (Å²) in [5.74, 6) is 2.30. The van der Waals surface area contributed by atoms with Crippen molar-refractivity contribution in [1.29, 1.82) is 0 Å². The normalized spacial score (nSPS) is 15.3. The van der Waals surface area contributed by atoms with Gasteiger partial charge in [-0.2, -0.15) is 10.1 Å². The first-order valence-electron chi connectivity index (χ1n) is 10.2. The van der Waals surface area contributed by atoms with E-state index < -0.39 is 0 Å². The molecule has 4 rings (SSSR count). The fourth-order valence-corrected chi connectivity index (χ4v) is 4.15. The van der Waals surface area contributed by atoms with Gasteiger partial charge in [0.05, 0.1) is 16.9 Å². The standard InChI is InChI=1S/C22H26N6O2/c1-14(28-17(4)23-15(2)25-28)13-21(29)26-11-9-18(10-12-26)27-16(3)24-22(30)19-7-5-6-8-20(19)27/h5-9,14H,10-13H2,1-4H3/t14-/m0/s1.